The maximum atomic E-state index is 14.4. The van der Waals surface area contributed by atoms with E-state index in [1.54, 1.807) is 24.3 Å². The normalized spacial score (nSPS) is 28.0. The number of anilines is 1. The highest BCUT2D eigenvalue weighted by molar-refractivity contribution is 9.10. The maximum Gasteiger partial charge on any atom is 0.259 e. The highest BCUT2D eigenvalue weighted by Crippen LogP contribution is 2.37. The summed E-state index contributed by atoms with van der Waals surface area (Å²) in [5.74, 6) is -5.02. The van der Waals surface area contributed by atoms with E-state index in [-0.39, 0.29) is 11.3 Å². The number of carbonyl (C=O) groups excluding carboxylic acids is 1. The number of hydrogen-bond donors (Lipinski definition) is 3. The van der Waals surface area contributed by atoms with Crippen molar-refractivity contribution in [1.82, 2.24) is 15.0 Å². The highest BCUT2D eigenvalue weighted by atomic mass is 79.9. The summed E-state index contributed by atoms with van der Waals surface area (Å²) in [6.45, 7) is -0.656. The molecule has 1 aromatic heterocycles. The van der Waals surface area contributed by atoms with Crippen molar-refractivity contribution < 1.29 is 42.8 Å². The molecule has 10 nitrogen and oxygen atoms in total. The zero-order valence-corrected chi connectivity index (χ0v) is 24.1. The van der Waals surface area contributed by atoms with Crippen molar-refractivity contribution >= 4 is 27.5 Å². The van der Waals surface area contributed by atoms with E-state index in [0.29, 0.717) is 23.0 Å². The number of methoxy groups -OCH3 is 1. The molecule has 1 aliphatic heterocycles. The van der Waals surface area contributed by atoms with Gasteiger partial charge in [-0.25, -0.2) is 17.9 Å². The molecular formula is C28H30BrF3N4O6. The Kier molecular flexibility index (Phi) is 9.30. The van der Waals surface area contributed by atoms with Gasteiger partial charge in [-0.2, -0.15) is 0 Å². The lowest BCUT2D eigenvalue weighted by atomic mass is 9.88. The molecular weight excluding hydrogens is 625 g/mol. The van der Waals surface area contributed by atoms with E-state index in [0.717, 1.165) is 29.7 Å². The molecule has 42 heavy (non-hydrogen) atoms. The number of benzene rings is 2. The van der Waals surface area contributed by atoms with Crippen molar-refractivity contribution in [1.29, 1.82) is 0 Å². The summed E-state index contributed by atoms with van der Waals surface area (Å²) in [4.78, 5) is 15.8. The first-order valence-electron chi connectivity index (χ1n) is 13.4. The number of rotatable bonds is 7. The molecule has 7 atom stereocenters. The standard InChI is InChI=1S/C28H30BrF3N4O6/c1-41-26-24(35-12-19(33-34-35)14-9-17(30)23(32)18(31)10-14)25(39)22(13-37)42-27(26)28(40)36(16-6-4-5-15(29)11-16)20-7-2-3-8-21(20)38/h4-6,9-12,20-22,24-27,37-39H,2-3,7-8,13H2,1H3/t20-,21-,22?,24?,25?,26?,27?/m0/s1. The van der Waals surface area contributed by atoms with Crippen LogP contribution in [-0.2, 0) is 14.3 Å². The van der Waals surface area contributed by atoms with Gasteiger partial charge in [-0.05, 0) is 43.2 Å². The number of nitrogens with zero attached hydrogens (tertiary/aromatic N) is 4. The van der Waals surface area contributed by atoms with Gasteiger partial charge in [0.1, 0.15) is 30.0 Å². The van der Waals surface area contributed by atoms with Gasteiger partial charge in [0, 0.05) is 22.8 Å². The third-order valence-corrected chi connectivity index (χ3v) is 8.32. The first-order chi connectivity index (χ1) is 20.1. The number of halogens is 4. The van der Waals surface area contributed by atoms with Crippen LogP contribution in [0.2, 0.25) is 0 Å². The third-order valence-electron chi connectivity index (χ3n) is 7.83. The van der Waals surface area contributed by atoms with Gasteiger partial charge >= 0.3 is 0 Å². The Morgan fingerprint density at radius 1 is 1.17 bits per heavy atom. The fourth-order valence-electron chi connectivity index (χ4n) is 5.76. The van der Waals surface area contributed by atoms with Gasteiger partial charge in [0.05, 0.1) is 24.9 Å². The minimum atomic E-state index is -1.63. The zero-order valence-electron chi connectivity index (χ0n) is 22.5. The second-order valence-electron chi connectivity index (χ2n) is 10.4. The molecule has 2 fully saturated rings. The second-order valence-corrected chi connectivity index (χ2v) is 11.3. The molecule has 2 heterocycles. The van der Waals surface area contributed by atoms with E-state index in [1.165, 1.54) is 18.2 Å². The molecule has 2 aromatic carbocycles. The van der Waals surface area contributed by atoms with Crippen molar-refractivity contribution in [3.63, 3.8) is 0 Å². The fraction of sp³-hybridized carbons (Fsp3) is 0.464. The summed E-state index contributed by atoms with van der Waals surface area (Å²) in [6, 6.07) is 6.83. The largest absolute Gasteiger partial charge is 0.394 e. The molecule has 0 radical (unpaired) electrons. The molecule has 226 valence electrons. The number of ether oxygens (including phenoxy) is 2. The van der Waals surface area contributed by atoms with Gasteiger partial charge in [0.25, 0.3) is 5.91 Å². The van der Waals surface area contributed by atoms with E-state index in [2.05, 4.69) is 26.2 Å². The van der Waals surface area contributed by atoms with E-state index in [9.17, 15) is 33.3 Å². The Hall–Kier alpha value is -2.88. The van der Waals surface area contributed by atoms with E-state index >= 15 is 0 Å². The summed E-state index contributed by atoms with van der Waals surface area (Å²) < 4.78 is 54.8. The van der Waals surface area contributed by atoms with E-state index in [4.69, 9.17) is 9.47 Å². The molecule has 3 aromatic rings. The monoisotopic (exact) mass is 654 g/mol. The molecule has 1 amide bonds. The van der Waals surface area contributed by atoms with Crippen molar-refractivity contribution in [2.24, 2.45) is 0 Å². The zero-order chi connectivity index (χ0) is 30.1. The summed E-state index contributed by atoms with van der Waals surface area (Å²) in [5, 5.41) is 40.1. The molecule has 1 aliphatic carbocycles. The van der Waals surface area contributed by atoms with Gasteiger partial charge in [-0.3, -0.25) is 4.79 Å². The molecule has 14 heteroatoms. The van der Waals surface area contributed by atoms with Gasteiger partial charge < -0.3 is 29.7 Å². The van der Waals surface area contributed by atoms with Crippen LogP contribution < -0.4 is 4.90 Å². The van der Waals surface area contributed by atoms with Gasteiger partial charge in [0.2, 0.25) is 0 Å². The van der Waals surface area contributed by atoms with Gasteiger partial charge in [-0.15, -0.1) is 5.10 Å². The Balaban J connectivity index is 1.53. The van der Waals surface area contributed by atoms with Crippen LogP contribution in [0.5, 0.6) is 0 Å². The number of carbonyl (C=O) groups is 1. The van der Waals surface area contributed by atoms with Crippen molar-refractivity contribution in [3.8, 4) is 11.3 Å². The number of aliphatic hydroxyl groups is 3. The quantitative estimate of drug-likeness (QED) is 0.332. The summed E-state index contributed by atoms with van der Waals surface area (Å²) in [5.41, 5.74) is 0.364. The lowest BCUT2D eigenvalue weighted by Gasteiger charge is -2.46. The fourth-order valence-corrected chi connectivity index (χ4v) is 6.14. The summed E-state index contributed by atoms with van der Waals surface area (Å²) in [6.07, 6.45) is -2.11. The highest BCUT2D eigenvalue weighted by Gasteiger charge is 2.52. The molecule has 0 bridgehead atoms. The Morgan fingerprint density at radius 2 is 1.88 bits per heavy atom. The molecule has 2 aliphatic rings. The molecule has 1 saturated heterocycles. The predicted molar refractivity (Wildman–Crippen MR) is 147 cm³/mol. The van der Waals surface area contributed by atoms with E-state index in [1.807, 2.05) is 0 Å². The van der Waals surface area contributed by atoms with Crippen LogP contribution >= 0.6 is 15.9 Å². The lowest BCUT2D eigenvalue weighted by molar-refractivity contribution is -0.211. The number of amides is 1. The van der Waals surface area contributed by atoms with Crippen molar-refractivity contribution in [2.45, 2.75) is 68.3 Å². The minimum Gasteiger partial charge on any atom is -0.394 e. The summed E-state index contributed by atoms with van der Waals surface area (Å²) in [7, 11) is 1.31. The molecule has 5 unspecified atom stereocenters. The Bertz CT molecular complexity index is 1410. The molecule has 0 spiro atoms. The van der Waals surface area contributed by atoms with Crippen LogP contribution in [0.1, 0.15) is 31.7 Å². The second kappa shape index (κ2) is 12.8. The Labute approximate surface area is 247 Å². The Morgan fingerprint density at radius 3 is 2.52 bits per heavy atom. The first-order valence-corrected chi connectivity index (χ1v) is 14.2. The van der Waals surface area contributed by atoms with Crippen LogP contribution in [0.3, 0.4) is 0 Å². The van der Waals surface area contributed by atoms with Crippen LogP contribution in [-0.4, -0.2) is 86.5 Å². The third kappa shape index (κ3) is 5.83. The minimum absolute atomic E-state index is 0.0362. The average molecular weight is 655 g/mol. The van der Waals surface area contributed by atoms with Crippen LogP contribution in [0.4, 0.5) is 18.9 Å². The van der Waals surface area contributed by atoms with E-state index < -0.39 is 72.6 Å². The molecule has 1 saturated carbocycles. The first kappa shape index (κ1) is 30.6. The van der Waals surface area contributed by atoms with Crippen LogP contribution in [0.25, 0.3) is 11.3 Å². The SMILES string of the molecule is COC1C(C(=O)N(c2cccc(Br)c2)[C@H]2CCCC[C@@H]2O)OC(CO)C(O)C1n1cc(-c2cc(F)c(F)c(F)c2)nn1. The van der Waals surface area contributed by atoms with Gasteiger partial charge in [0.15, 0.2) is 23.6 Å². The number of aliphatic hydroxyl groups excluding tert-OH is 3. The van der Waals surface area contributed by atoms with Crippen molar-refractivity contribution in [2.75, 3.05) is 18.6 Å². The topological polar surface area (TPSA) is 130 Å². The van der Waals surface area contributed by atoms with Crippen LogP contribution in [0.15, 0.2) is 47.1 Å². The lowest BCUT2D eigenvalue weighted by Crippen LogP contribution is -2.63. The smallest absolute Gasteiger partial charge is 0.259 e. The average Bonchev–Trinajstić information content (AvgIpc) is 3.46. The van der Waals surface area contributed by atoms with Gasteiger partial charge in [-0.1, -0.05) is 40.1 Å². The number of hydrogen-bond acceptors (Lipinski definition) is 8. The summed E-state index contributed by atoms with van der Waals surface area (Å²) >= 11 is 3.43. The maximum absolute atomic E-state index is 14.4. The van der Waals surface area contributed by atoms with Crippen molar-refractivity contribution in [3.05, 3.63) is 64.5 Å². The molecule has 5 rings (SSSR count). The number of aromatic nitrogens is 3. The molecule has 3 N–H and O–H groups in total. The predicted octanol–water partition coefficient (Wildman–Crippen LogP) is 3.14. The van der Waals surface area contributed by atoms with Crippen LogP contribution in [0, 0.1) is 17.5 Å².